The first kappa shape index (κ1) is 19.8. The summed E-state index contributed by atoms with van der Waals surface area (Å²) in [7, 11) is 0. The molecule has 19 heavy (non-hydrogen) atoms. The number of benzene rings is 2. The Kier molecular flexibility index (Phi) is 10.9. The van der Waals surface area contributed by atoms with E-state index in [1.165, 1.54) is 22.3 Å². The highest BCUT2D eigenvalue weighted by atomic mass is 35.5. The smallest absolute Gasteiger partial charge is 0.204 e. The van der Waals surface area contributed by atoms with Crippen molar-refractivity contribution >= 4 is 31.2 Å². The number of carbonyl (C=O) groups is 1. The lowest BCUT2D eigenvalue weighted by atomic mass is 9.97. The molecule has 0 aliphatic rings. The molecule has 0 aliphatic heterocycles. The number of nitrogens with two attached hydrogens (primary N) is 1. The minimum absolute atomic E-state index is 0. The second-order valence-corrected chi connectivity index (χ2v) is 3.75. The standard InChI is InChI=1S/C14H14.CH3NO.2ClH/c1-11-7-6-10-14(12(11)2)13-8-4-3-5-9-13;2-1-3;;/h3-10H,1-2H3;1H,(H2,2,3);2*1H. The van der Waals surface area contributed by atoms with E-state index in [4.69, 9.17) is 4.79 Å². The third-order valence-corrected chi connectivity index (χ3v) is 2.69. The SMILES string of the molecule is Cc1cccc(-c2ccccc2)c1C.Cl.Cl.NC=O. The molecule has 2 rings (SSSR count). The van der Waals surface area contributed by atoms with Crippen LogP contribution in [-0.4, -0.2) is 6.41 Å². The zero-order valence-corrected chi connectivity index (χ0v) is 12.6. The lowest BCUT2D eigenvalue weighted by Gasteiger charge is -2.07. The van der Waals surface area contributed by atoms with E-state index in [2.05, 4.69) is 68.1 Å². The second-order valence-electron chi connectivity index (χ2n) is 3.75. The van der Waals surface area contributed by atoms with E-state index in [1.807, 2.05) is 0 Å². The summed E-state index contributed by atoms with van der Waals surface area (Å²) in [5, 5.41) is 0. The van der Waals surface area contributed by atoms with Crippen molar-refractivity contribution in [1.82, 2.24) is 0 Å². The zero-order valence-electron chi connectivity index (χ0n) is 11.0. The molecule has 2 aromatic carbocycles. The second kappa shape index (κ2) is 10.4. The van der Waals surface area contributed by atoms with Gasteiger partial charge >= 0.3 is 0 Å². The molecule has 2 N–H and O–H groups in total. The number of rotatable bonds is 1. The molecule has 0 radical (unpaired) electrons. The summed E-state index contributed by atoms with van der Waals surface area (Å²) in [6.45, 7) is 4.33. The first-order valence-corrected chi connectivity index (χ1v) is 5.47. The highest BCUT2D eigenvalue weighted by Crippen LogP contribution is 2.24. The number of carbonyl (C=O) groups excluding carboxylic acids is 1. The van der Waals surface area contributed by atoms with Crippen molar-refractivity contribution in [2.45, 2.75) is 13.8 Å². The van der Waals surface area contributed by atoms with E-state index in [0.717, 1.165) is 0 Å². The predicted octanol–water partition coefficient (Wildman–Crippen LogP) is 3.92. The van der Waals surface area contributed by atoms with Gasteiger partial charge in [-0.25, -0.2) is 0 Å². The van der Waals surface area contributed by atoms with Crippen LogP contribution in [-0.2, 0) is 4.79 Å². The van der Waals surface area contributed by atoms with E-state index in [0.29, 0.717) is 0 Å². The van der Waals surface area contributed by atoms with Crippen LogP contribution in [0, 0.1) is 13.8 Å². The Labute approximate surface area is 126 Å². The highest BCUT2D eigenvalue weighted by molar-refractivity contribution is 5.85. The van der Waals surface area contributed by atoms with Gasteiger partial charge < -0.3 is 5.73 Å². The third kappa shape index (κ3) is 5.77. The normalized spacial score (nSPS) is 8.11. The first-order chi connectivity index (χ1) is 8.20. The van der Waals surface area contributed by atoms with Gasteiger partial charge in [0.25, 0.3) is 0 Å². The number of primary amides is 1. The van der Waals surface area contributed by atoms with Crippen LogP contribution >= 0.6 is 24.8 Å². The summed E-state index contributed by atoms with van der Waals surface area (Å²) in [4.78, 5) is 8.58. The molecule has 0 saturated heterocycles. The quantitative estimate of drug-likeness (QED) is 0.797. The number of halogens is 2. The van der Waals surface area contributed by atoms with Gasteiger partial charge in [-0.3, -0.25) is 4.79 Å². The summed E-state index contributed by atoms with van der Waals surface area (Å²) >= 11 is 0. The van der Waals surface area contributed by atoms with E-state index >= 15 is 0 Å². The van der Waals surface area contributed by atoms with Crippen molar-refractivity contribution in [2.75, 3.05) is 0 Å². The molecule has 1 amide bonds. The average Bonchev–Trinajstić information content (AvgIpc) is 2.35. The molecule has 0 fully saturated rings. The van der Waals surface area contributed by atoms with Crippen LogP contribution in [0.4, 0.5) is 0 Å². The average molecular weight is 300 g/mol. The molecule has 104 valence electrons. The van der Waals surface area contributed by atoms with E-state index in [1.54, 1.807) is 0 Å². The molecule has 0 unspecified atom stereocenters. The molecule has 2 nitrogen and oxygen atoms in total. The fourth-order valence-electron chi connectivity index (χ4n) is 1.68. The Bertz CT molecular complexity index is 487. The van der Waals surface area contributed by atoms with Crippen LogP contribution in [0.3, 0.4) is 0 Å². The Morgan fingerprint density at radius 3 is 1.95 bits per heavy atom. The molecule has 0 atom stereocenters. The van der Waals surface area contributed by atoms with Crippen LogP contribution in [0.25, 0.3) is 11.1 Å². The minimum Gasteiger partial charge on any atom is -0.372 e. The fourth-order valence-corrected chi connectivity index (χ4v) is 1.68. The molecule has 2 aromatic rings. The van der Waals surface area contributed by atoms with Crippen LogP contribution < -0.4 is 5.73 Å². The Morgan fingerprint density at radius 1 is 0.895 bits per heavy atom. The maximum atomic E-state index is 8.58. The maximum absolute atomic E-state index is 8.58. The fraction of sp³-hybridized carbons (Fsp3) is 0.133. The van der Waals surface area contributed by atoms with Gasteiger partial charge in [0.05, 0.1) is 0 Å². The Hall–Kier alpha value is -1.51. The van der Waals surface area contributed by atoms with Crippen molar-refractivity contribution in [3.8, 4) is 11.1 Å². The highest BCUT2D eigenvalue weighted by Gasteiger charge is 2.01. The van der Waals surface area contributed by atoms with Crippen LogP contribution in [0.15, 0.2) is 48.5 Å². The van der Waals surface area contributed by atoms with Crippen molar-refractivity contribution < 1.29 is 4.79 Å². The molecule has 0 aromatic heterocycles. The topological polar surface area (TPSA) is 43.1 Å². The molecular weight excluding hydrogens is 281 g/mol. The summed E-state index contributed by atoms with van der Waals surface area (Å²) < 4.78 is 0. The molecule has 0 heterocycles. The van der Waals surface area contributed by atoms with E-state index < -0.39 is 0 Å². The summed E-state index contributed by atoms with van der Waals surface area (Å²) in [6.07, 6.45) is 0.250. The van der Waals surface area contributed by atoms with Crippen LogP contribution in [0.1, 0.15) is 11.1 Å². The van der Waals surface area contributed by atoms with Gasteiger partial charge in [0.1, 0.15) is 0 Å². The lowest BCUT2D eigenvalue weighted by Crippen LogP contribution is -1.85. The molecule has 0 spiro atoms. The minimum atomic E-state index is 0. The molecule has 0 aliphatic carbocycles. The van der Waals surface area contributed by atoms with Gasteiger partial charge in [-0.1, -0.05) is 48.5 Å². The van der Waals surface area contributed by atoms with Gasteiger partial charge in [0.2, 0.25) is 6.41 Å². The summed E-state index contributed by atoms with van der Waals surface area (Å²) in [5.41, 5.74) is 9.53. The van der Waals surface area contributed by atoms with Gasteiger partial charge in [-0.15, -0.1) is 24.8 Å². The molecule has 0 bridgehead atoms. The zero-order chi connectivity index (χ0) is 12.7. The third-order valence-electron chi connectivity index (χ3n) is 2.69. The van der Waals surface area contributed by atoms with Gasteiger partial charge in [0, 0.05) is 0 Å². The van der Waals surface area contributed by atoms with Gasteiger partial charge in [-0.2, -0.15) is 0 Å². The first-order valence-electron chi connectivity index (χ1n) is 5.47. The number of amides is 1. The van der Waals surface area contributed by atoms with Gasteiger partial charge in [0.15, 0.2) is 0 Å². The van der Waals surface area contributed by atoms with Gasteiger partial charge in [-0.05, 0) is 36.1 Å². The van der Waals surface area contributed by atoms with E-state index in [9.17, 15) is 0 Å². The van der Waals surface area contributed by atoms with Crippen molar-refractivity contribution in [3.63, 3.8) is 0 Å². The lowest BCUT2D eigenvalue weighted by molar-refractivity contribution is -0.106. The Balaban J connectivity index is 0. The number of aryl methyl sites for hydroxylation is 1. The summed E-state index contributed by atoms with van der Waals surface area (Å²) in [6, 6.07) is 17.0. The molecular formula is C15H19Cl2NO. The van der Waals surface area contributed by atoms with Crippen LogP contribution in [0.5, 0.6) is 0 Å². The predicted molar refractivity (Wildman–Crippen MR) is 86.1 cm³/mol. The molecule has 0 saturated carbocycles. The number of hydrogen-bond donors (Lipinski definition) is 1. The van der Waals surface area contributed by atoms with E-state index in [-0.39, 0.29) is 31.2 Å². The molecule has 4 heteroatoms. The largest absolute Gasteiger partial charge is 0.372 e. The Morgan fingerprint density at radius 2 is 1.42 bits per heavy atom. The number of hydrogen-bond acceptors (Lipinski definition) is 1. The maximum Gasteiger partial charge on any atom is 0.204 e. The van der Waals surface area contributed by atoms with Crippen molar-refractivity contribution in [1.29, 1.82) is 0 Å². The van der Waals surface area contributed by atoms with Crippen molar-refractivity contribution in [2.24, 2.45) is 5.73 Å². The van der Waals surface area contributed by atoms with Crippen LogP contribution in [0.2, 0.25) is 0 Å². The van der Waals surface area contributed by atoms with Crippen molar-refractivity contribution in [3.05, 3.63) is 59.7 Å². The summed E-state index contributed by atoms with van der Waals surface area (Å²) in [5.74, 6) is 0. The monoisotopic (exact) mass is 299 g/mol.